The summed E-state index contributed by atoms with van der Waals surface area (Å²) in [7, 11) is 1.64. The lowest BCUT2D eigenvalue weighted by Gasteiger charge is -2.08. The topological polar surface area (TPSA) is 39.2 Å². The number of ether oxygens (including phenoxy) is 1. The molecule has 0 bridgehead atoms. The molecule has 0 fully saturated rings. The quantitative estimate of drug-likeness (QED) is 0.610. The van der Waals surface area contributed by atoms with Crippen molar-refractivity contribution in [3.63, 3.8) is 0 Å². The van der Waals surface area contributed by atoms with Gasteiger partial charge in [-0.25, -0.2) is 0 Å². The number of carbonyl (C=O) groups excluding carboxylic acids is 1. The van der Waals surface area contributed by atoms with Crippen molar-refractivity contribution in [2.45, 2.75) is 10.6 Å². The van der Waals surface area contributed by atoms with E-state index in [9.17, 15) is 4.79 Å². The number of aromatic nitrogens is 1. The van der Waals surface area contributed by atoms with Crippen molar-refractivity contribution in [3.8, 4) is 5.75 Å². The first-order valence-electron chi connectivity index (χ1n) is 5.48. The summed E-state index contributed by atoms with van der Waals surface area (Å²) < 4.78 is 5.29. The maximum Gasteiger partial charge on any atom is 0.150 e. The molecule has 1 aromatic carbocycles. The Kier molecular flexibility index (Phi) is 4.36. The average Bonchev–Trinajstić information content (AvgIpc) is 2.45. The van der Waals surface area contributed by atoms with Crippen LogP contribution in [0.15, 0.2) is 47.6 Å². The number of rotatable bonds is 5. The molecule has 0 N–H and O–H groups in total. The second-order valence-corrected chi connectivity index (χ2v) is 4.71. The first kappa shape index (κ1) is 12.6. The fourth-order valence-electron chi connectivity index (χ4n) is 1.58. The average molecular weight is 259 g/mol. The van der Waals surface area contributed by atoms with Gasteiger partial charge in [0.2, 0.25) is 0 Å². The molecule has 0 unspecified atom stereocenters. The zero-order chi connectivity index (χ0) is 12.8. The van der Waals surface area contributed by atoms with Crippen LogP contribution in [-0.4, -0.2) is 18.4 Å². The molecule has 0 spiro atoms. The molecule has 0 atom stereocenters. The van der Waals surface area contributed by atoms with E-state index in [-0.39, 0.29) is 0 Å². The van der Waals surface area contributed by atoms with E-state index in [1.165, 1.54) is 0 Å². The highest BCUT2D eigenvalue weighted by Crippen LogP contribution is 2.28. The zero-order valence-corrected chi connectivity index (χ0v) is 10.8. The highest BCUT2D eigenvalue weighted by Gasteiger charge is 2.05. The maximum atomic E-state index is 10.8. The smallest absolute Gasteiger partial charge is 0.150 e. The van der Waals surface area contributed by atoms with E-state index in [0.29, 0.717) is 5.56 Å². The third kappa shape index (κ3) is 3.11. The number of hydrogen-bond donors (Lipinski definition) is 0. The van der Waals surface area contributed by atoms with Crippen LogP contribution in [0.5, 0.6) is 5.75 Å². The summed E-state index contributed by atoms with van der Waals surface area (Å²) in [6.07, 6.45) is 4.38. The minimum Gasteiger partial charge on any atom is -0.496 e. The molecule has 0 radical (unpaired) electrons. The summed E-state index contributed by atoms with van der Waals surface area (Å²) in [5, 5.41) is 0. The maximum absolute atomic E-state index is 10.8. The molecule has 1 aromatic heterocycles. The number of pyridine rings is 1. The molecule has 92 valence electrons. The molecule has 18 heavy (non-hydrogen) atoms. The van der Waals surface area contributed by atoms with Gasteiger partial charge >= 0.3 is 0 Å². The highest BCUT2D eigenvalue weighted by molar-refractivity contribution is 7.98. The summed E-state index contributed by atoms with van der Waals surface area (Å²) in [4.78, 5) is 15.9. The predicted molar refractivity (Wildman–Crippen MR) is 72.2 cm³/mol. The molecule has 4 heteroatoms. The van der Waals surface area contributed by atoms with E-state index in [1.54, 1.807) is 37.3 Å². The molecule has 0 aliphatic heterocycles. The number of carbonyl (C=O) groups is 1. The van der Waals surface area contributed by atoms with Gasteiger partial charge in [-0.05, 0) is 30.3 Å². The van der Waals surface area contributed by atoms with Gasteiger partial charge in [-0.1, -0.05) is 0 Å². The second kappa shape index (κ2) is 6.21. The summed E-state index contributed by atoms with van der Waals surface area (Å²) >= 11 is 1.69. The molecule has 2 aromatic rings. The summed E-state index contributed by atoms with van der Waals surface area (Å²) in [6, 6.07) is 9.36. The lowest BCUT2D eigenvalue weighted by molar-refractivity contribution is 0.112. The monoisotopic (exact) mass is 259 g/mol. The van der Waals surface area contributed by atoms with Crippen molar-refractivity contribution in [1.82, 2.24) is 4.98 Å². The standard InChI is InChI=1S/C14H13NO2S/c1-17-14-3-2-11(9-16)8-12(14)10-18-13-4-6-15-7-5-13/h2-9H,10H2,1H3. The molecule has 0 aliphatic carbocycles. The number of nitrogens with zero attached hydrogens (tertiary/aromatic N) is 1. The van der Waals surface area contributed by atoms with Crippen LogP contribution in [0, 0.1) is 0 Å². The first-order chi connectivity index (χ1) is 8.83. The van der Waals surface area contributed by atoms with E-state index in [4.69, 9.17) is 4.74 Å². The van der Waals surface area contributed by atoms with Crippen LogP contribution < -0.4 is 4.74 Å². The minimum absolute atomic E-state index is 0.668. The van der Waals surface area contributed by atoms with E-state index in [1.807, 2.05) is 24.3 Å². The fourth-order valence-corrected chi connectivity index (χ4v) is 2.44. The van der Waals surface area contributed by atoms with E-state index in [2.05, 4.69) is 4.98 Å². The Hall–Kier alpha value is -1.81. The third-order valence-corrected chi connectivity index (χ3v) is 3.55. The largest absolute Gasteiger partial charge is 0.496 e. The highest BCUT2D eigenvalue weighted by atomic mass is 32.2. The van der Waals surface area contributed by atoms with Crippen molar-refractivity contribution in [2.24, 2.45) is 0 Å². The minimum atomic E-state index is 0.668. The second-order valence-electron chi connectivity index (χ2n) is 3.66. The van der Waals surface area contributed by atoms with Crippen LogP contribution in [0.2, 0.25) is 0 Å². The van der Waals surface area contributed by atoms with Gasteiger partial charge in [0.15, 0.2) is 0 Å². The van der Waals surface area contributed by atoms with Crippen LogP contribution in [0.25, 0.3) is 0 Å². The SMILES string of the molecule is COc1ccc(C=O)cc1CSc1ccncc1. The number of methoxy groups -OCH3 is 1. The van der Waals surface area contributed by atoms with Crippen molar-refractivity contribution < 1.29 is 9.53 Å². The first-order valence-corrected chi connectivity index (χ1v) is 6.47. The molecule has 3 nitrogen and oxygen atoms in total. The number of thioether (sulfide) groups is 1. The van der Waals surface area contributed by atoms with Crippen LogP contribution in [0.1, 0.15) is 15.9 Å². The third-order valence-electron chi connectivity index (χ3n) is 2.48. The molecule has 0 amide bonds. The lowest BCUT2D eigenvalue weighted by atomic mass is 10.1. The number of benzene rings is 1. The van der Waals surface area contributed by atoms with Gasteiger partial charge in [0.25, 0.3) is 0 Å². The molecule has 0 saturated heterocycles. The van der Waals surface area contributed by atoms with Gasteiger partial charge in [-0.15, -0.1) is 11.8 Å². The molecular formula is C14H13NO2S. The van der Waals surface area contributed by atoms with Crippen LogP contribution >= 0.6 is 11.8 Å². The summed E-state index contributed by atoms with van der Waals surface area (Å²) in [6.45, 7) is 0. The number of hydrogen-bond acceptors (Lipinski definition) is 4. The molecular weight excluding hydrogens is 246 g/mol. The van der Waals surface area contributed by atoms with Crippen molar-refractivity contribution in [2.75, 3.05) is 7.11 Å². The van der Waals surface area contributed by atoms with E-state index >= 15 is 0 Å². The zero-order valence-electron chi connectivity index (χ0n) is 10.00. The Morgan fingerprint density at radius 3 is 2.72 bits per heavy atom. The van der Waals surface area contributed by atoms with Gasteiger partial charge in [0, 0.05) is 34.2 Å². The fraction of sp³-hybridized carbons (Fsp3) is 0.143. The Morgan fingerprint density at radius 2 is 2.06 bits per heavy atom. The predicted octanol–water partition coefficient (Wildman–Crippen LogP) is 3.20. The lowest BCUT2D eigenvalue weighted by Crippen LogP contribution is -1.92. The van der Waals surface area contributed by atoms with Gasteiger partial charge in [0.05, 0.1) is 7.11 Å². The molecule has 0 aliphatic rings. The number of aldehydes is 1. The van der Waals surface area contributed by atoms with Crippen LogP contribution in [0.4, 0.5) is 0 Å². The summed E-state index contributed by atoms with van der Waals surface area (Å²) in [5.41, 5.74) is 1.69. The van der Waals surface area contributed by atoms with Gasteiger partial charge in [-0.2, -0.15) is 0 Å². The molecule has 2 rings (SSSR count). The summed E-state index contributed by atoms with van der Waals surface area (Å²) in [5.74, 6) is 1.57. The Morgan fingerprint density at radius 1 is 1.28 bits per heavy atom. The Balaban J connectivity index is 2.15. The molecule has 0 saturated carbocycles. The normalized spacial score (nSPS) is 10.1. The van der Waals surface area contributed by atoms with E-state index in [0.717, 1.165) is 28.2 Å². The van der Waals surface area contributed by atoms with Gasteiger partial charge < -0.3 is 4.74 Å². The van der Waals surface area contributed by atoms with Crippen LogP contribution in [0.3, 0.4) is 0 Å². The van der Waals surface area contributed by atoms with E-state index < -0.39 is 0 Å². The van der Waals surface area contributed by atoms with Crippen molar-refractivity contribution in [1.29, 1.82) is 0 Å². The van der Waals surface area contributed by atoms with Crippen LogP contribution in [-0.2, 0) is 5.75 Å². The molecule has 1 heterocycles. The van der Waals surface area contributed by atoms with Gasteiger partial charge in [-0.3, -0.25) is 9.78 Å². The Bertz CT molecular complexity index is 529. The van der Waals surface area contributed by atoms with Crippen molar-refractivity contribution in [3.05, 3.63) is 53.9 Å². The Labute approximate surface area is 110 Å². The van der Waals surface area contributed by atoms with Crippen molar-refractivity contribution >= 4 is 18.0 Å². The van der Waals surface area contributed by atoms with Gasteiger partial charge in [0.1, 0.15) is 12.0 Å².